The molecule has 0 bridgehead atoms. The largest absolute Gasteiger partial charge is 0.398 e. The van der Waals surface area contributed by atoms with Crippen LogP contribution < -0.4 is 0 Å². The lowest BCUT2D eigenvalue weighted by molar-refractivity contribution is -0.0960. The van der Waals surface area contributed by atoms with Crippen LogP contribution in [-0.4, -0.2) is 10.8 Å². The number of hydrogen-bond donors (Lipinski definition) is 0. The summed E-state index contributed by atoms with van der Waals surface area (Å²) in [5, 5.41) is -9.32. The van der Waals surface area contributed by atoms with Crippen LogP contribution in [-0.2, 0) is 0 Å². The van der Waals surface area contributed by atoms with Gasteiger partial charge in [0.1, 0.15) is 0 Å². The Morgan fingerprint density at radius 3 is 0.900 bits per heavy atom. The summed E-state index contributed by atoms with van der Waals surface area (Å²) in [6.07, 6.45) is 0. The van der Waals surface area contributed by atoms with Crippen molar-refractivity contribution in [2.45, 2.75) is 10.8 Å². The normalized spacial score (nSPS) is 12.0. The first-order valence-electron chi connectivity index (χ1n) is 1.57. The molecule has 0 aromatic heterocycles. The standard InChI is InChI=1S/C2Cl2F4.CF/c3-1(5,6)2(4,7)8;1-2. The molecule has 0 heterocycles. The Bertz CT molecular complexity index is 69.9. The fourth-order valence-electron chi connectivity index (χ4n) is 0. The van der Waals surface area contributed by atoms with Crippen molar-refractivity contribution >= 4 is 23.2 Å². The molecule has 0 aromatic carbocycles. The van der Waals surface area contributed by atoms with Gasteiger partial charge in [-0.1, -0.05) is 0 Å². The van der Waals surface area contributed by atoms with Gasteiger partial charge in [0.25, 0.3) is 0 Å². The topological polar surface area (TPSA) is 0 Å². The number of alkyl halides is 6. The summed E-state index contributed by atoms with van der Waals surface area (Å²) in [7, 11) is 4.25. The lowest BCUT2D eigenvalue weighted by Crippen LogP contribution is -2.28. The SMILES string of the molecule is FC(F)(Cl)C(F)(F)Cl.[C]F. The predicted molar refractivity (Wildman–Crippen MR) is 26.0 cm³/mol. The third-order valence-electron chi connectivity index (χ3n) is 0.321. The third-order valence-corrected chi connectivity index (χ3v) is 0.893. The van der Waals surface area contributed by atoms with Crippen LogP contribution in [0.3, 0.4) is 0 Å². The minimum Gasteiger partial charge on any atom is -0.232 e. The van der Waals surface area contributed by atoms with Crippen molar-refractivity contribution in [3.63, 3.8) is 0 Å². The van der Waals surface area contributed by atoms with Crippen molar-refractivity contribution in [3.8, 4) is 0 Å². The Kier molecular flexibility index (Phi) is 5.38. The van der Waals surface area contributed by atoms with Gasteiger partial charge in [0, 0.05) is 0 Å². The van der Waals surface area contributed by atoms with Gasteiger partial charge in [-0.15, -0.1) is 0 Å². The molecular formula is C3Cl2F5. The fourth-order valence-corrected chi connectivity index (χ4v) is 0. The van der Waals surface area contributed by atoms with E-state index < -0.39 is 10.8 Å². The lowest BCUT2D eigenvalue weighted by atomic mass is 10.7. The summed E-state index contributed by atoms with van der Waals surface area (Å²) >= 11 is 7.59. The molecule has 0 amide bonds. The van der Waals surface area contributed by atoms with Crippen molar-refractivity contribution in [1.29, 1.82) is 0 Å². The van der Waals surface area contributed by atoms with Gasteiger partial charge in [0.2, 0.25) is 7.18 Å². The van der Waals surface area contributed by atoms with Crippen LogP contribution in [0.25, 0.3) is 0 Å². The Morgan fingerprint density at radius 1 is 0.800 bits per heavy atom. The highest BCUT2D eigenvalue weighted by atomic mass is 35.5. The van der Waals surface area contributed by atoms with Crippen molar-refractivity contribution < 1.29 is 22.0 Å². The average Bonchev–Trinajstić information content (AvgIpc) is 1.66. The van der Waals surface area contributed by atoms with Gasteiger partial charge in [0.05, 0.1) is 0 Å². The maximum atomic E-state index is 11.1. The molecule has 0 aliphatic carbocycles. The predicted octanol–water partition coefficient (Wildman–Crippen LogP) is 3.15. The summed E-state index contributed by atoms with van der Waals surface area (Å²) in [5.41, 5.74) is 0. The van der Waals surface area contributed by atoms with E-state index in [9.17, 15) is 17.6 Å². The maximum absolute atomic E-state index is 11.1. The Labute approximate surface area is 63.9 Å². The van der Waals surface area contributed by atoms with Crippen molar-refractivity contribution in [2.24, 2.45) is 0 Å². The van der Waals surface area contributed by atoms with Crippen LogP contribution in [0.2, 0.25) is 0 Å². The molecule has 0 aliphatic heterocycles. The Balaban J connectivity index is 0. The highest BCUT2D eigenvalue weighted by Crippen LogP contribution is 2.40. The van der Waals surface area contributed by atoms with E-state index >= 15 is 0 Å². The van der Waals surface area contributed by atoms with Gasteiger partial charge >= 0.3 is 10.8 Å². The smallest absolute Gasteiger partial charge is 0.232 e. The van der Waals surface area contributed by atoms with E-state index in [4.69, 9.17) is 4.39 Å². The number of hydrogen-bond acceptors (Lipinski definition) is 0. The lowest BCUT2D eigenvalue weighted by Gasteiger charge is -2.11. The van der Waals surface area contributed by atoms with E-state index in [1.54, 1.807) is 0 Å². The van der Waals surface area contributed by atoms with Crippen LogP contribution in [0.15, 0.2) is 0 Å². The summed E-state index contributed by atoms with van der Waals surface area (Å²) in [6.45, 7) is 0. The second kappa shape index (κ2) is 4.18. The number of rotatable bonds is 1. The fraction of sp³-hybridized carbons (Fsp3) is 0.667. The van der Waals surface area contributed by atoms with Crippen LogP contribution >= 0.6 is 23.2 Å². The summed E-state index contributed by atoms with van der Waals surface area (Å²) in [6, 6.07) is 0. The van der Waals surface area contributed by atoms with Crippen molar-refractivity contribution in [2.75, 3.05) is 0 Å². The molecule has 10 heavy (non-hydrogen) atoms. The van der Waals surface area contributed by atoms with Crippen LogP contribution in [0, 0.1) is 7.18 Å². The molecule has 0 rings (SSSR count). The van der Waals surface area contributed by atoms with E-state index in [0.717, 1.165) is 0 Å². The summed E-state index contributed by atoms with van der Waals surface area (Å²) in [5.74, 6) is 0. The van der Waals surface area contributed by atoms with E-state index in [2.05, 4.69) is 30.4 Å². The number of halogens is 7. The zero-order chi connectivity index (χ0) is 9.00. The summed E-state index contributed by atoms with van der Waals surface area (Å²) in [4.78, 5) is 0. The van der Waals surface area contributed by atoms with Crippen LogP contribution in [0.4, 0.5) is 22.0 Å². The molecule has 3 radical (unpaired) electrons. The second-order valence-electron chi connectivity index (χ2n) is 0.996. The summed E-state index contributed by atoms with van der Waals surface area (Å²) < 4.78 is 53.2. The van der Waals surface area contributed by atoms with E-state index in [1.807, 2.05) is 0 Å². The minimum absolute atomic E-state index is 3.79. The molecule has 0 saturated carbocycles. The quantitative estimate of drug-likeness (QED) is 0.452. The molecular weight excluding hydrogens is 202 g/mol. The molecule has 0 unspecified atom stereocenters. The zero-order valence-electron chi connectivity index (χ0n) is 4.15. The first-order chi connectivity index (χ1) is 4.25. The van der Waals surface area contributed by atoms with Crippen molar-refractivity contribution in [1.82, 2.24) is 0 Å². The molecule has 0 saturated heterocycles. The first-order valence-corrected chi connectivity index (χ1v) is 2.33. The van der Waals surface area contributed by atoms with E-state index in [0.29, 0.717) is 0 Å². The molecule has 0 aromatic rings. The molecule has 0 nitrogen and oxygen atoms in total. The van der Waals surface area contributed by atoms with E-state index in [-0.39, 0.29) is 0 Å². The van der Waals surface area contributed by atoms with E-state index in [1.165, 1.54) is 0 Å². The van der Waals surface area contributed by atoms with Gasteiger partial charge in [-0.3, -0.25) is 0 Å². The van der Waals surface area contributed by atoms with Crippen LogP contribution in [0.5, 0.6) is 0 Å². The van der Waals surface area contributed by atoms with Gasteiger partial charge in [0.15, 0.2) is 0 Å². The molecule has 0 N–H and O–H groups in total. The molecule has 61 valence electrons. The molecule has 0 fully saturated rings. The first kappa shape index (κ1) is 12.9. The zero-order valence-corrected chi connectivity index (χ0v) is 5.66. The minimum atomic E-state index is -4.66. The Morgan fingerprint density at radius 2 is 0.900 bits per heavy atom. The maximum Gasteiger partial charge on any atom is 0.398 e. The van der Waals surface area contributed by atoms with Gasteiger partial charge in [-0.05, 0) is 23.2 Å². The molecule has 0 atom stereocenters. The van der Waals surface area contributed by atoms with Crippen LogP contribution in [0.1, 0.15) is 0 Å². The van der Waals surface area contributed by atoms with Gasteiger partial charge in [-0.2, -0.15) is 17.6 Å². The highest BCUT2D eigenvalue weighted by Gasteiger charge is 2.53. The third kappa shape index (κ3) is 5.05. The van der Waals surface area contributed by atoms with Gasteiger partial charge in [-0.25, -0.2) is 4.39 Å². The second-order valence-corrected chi connectivity index (χ2v) is 1.94. The molecule has 0 aliphatic rings. The Hall–Kier alpha value is 0.230. The molecule has 0 spiro atoms. The monoisotopic (exact) mass is 201 g/mol. The highest BCUT2D eigenvalue weighted by molar-refractivity contribution is 6.31. The van der Waals surface area contributed by atoms with Crippen molar-refractivity contribution in [3.05, 3.63) is 7.18 Å². The average molecular weight is 202 g/mol. The molecule has 7 heteroatoms. The van der Waals surface area contributed by atoms with Gasteiger partial charge < -0.3 is 0 Å².